The summed E-state index contributed by atoms with van der Waals surface area (Å²) >= 11 is 0. The zero-order valence-corrected chi connectivity index (χ0v) is 13.4. The minimum atomic E-state index is 0.741. The van der Waals surface area contributed by atoms with Crippen molar-refractivity contribution >= 4 is 5.96 Å². The third kappa shape index (κ3) is 4.65. The van der Waals surface area contributed by atoms with Crippen molar-refractivity contribution in [3.8, 4) is 0 Å². The number of aliphatic imine (C=N–C) groups is 1. The zero-order chi connectivity index (χ0) is 14.4. The SMILES string of the molecule is CCCN1CCC(CN=C(N)N2CCC(C)CC2)CC1. The summed E-state index contributed by atoms with van der Waals surface area (Å²) in [5.74, 6) is 2.38. The van der Waals surface area contributed by atoms with E-state index in [-0.39, 0.29) is 0 Å². The molecule has 2 rings (SSSR count). The van der Waals surface area contributed by atoms with Gasteiger partial charge in [0.15, 0.2) is 5.96 Å². The van der Waals surface area contributed by atoms with Crippen LogP contribution in [0.25, 0.3) is 0 Å². The van der Waals surface area contributed by atoms with Crippen LogP contribution < -0.4 is 5.73 Å². The summed E-state index contributed by atoms with van der Waals surface area (Å²) in [5, 5.41) is 0. The number of piperidine rings is 2. The third-order valence-corrected chi connectivity index (χ3v) is 4.87. The van der Waals surface area contributed by atoms with Crippen LogP contribution in [-0.2, 0) is 0 Å². The molecule has 2 N–H and O–H groups in total. The topological polar surface area (TPSA) is 44.9 Å². The van der Waals surface area contributed by atoms with Crippen LogP contribution in [0.4, 0.5) is 0 Å². The van der Waals surface area contributed by atoms with Crippen LogP contribution in [0.3, 0.4) is 0 Å². The molecule has 2 fully saturated rings. The minimum Gasteiger partial charge on any atom is -0.370 e. The maximum absolute atomic E-state index is 6.15. The normalized spacial score (nSPS) is 24.3. The van der Waals surface area contributed by atoms with Crippen molar-refractivity contribution in [1.82, 2.24) is 9.80 Å². The summed E-state index contributed by atoms with van der Waals surface area (Å²) in [4.78, 5) is 9.52. The smallest absolute Gasteiger partial charge is 0.191 e. The van der Waals surface area contributed by atoms with E-state index >= 15 is 0 Å². The van der Waals surface area contributed by atoms with Crippen molar-refractivity contribution in [2.24, 2.45) is 22.6 Å². The first kappa shape index (κ1) is 15.6. The van der Waals surface area contributed by atoms with E-state index in [0.717, 1.165) is 37.4 Å². The molecule has 0 aromatic heterocycles. The van der Waals surface area contributed by atoms with Crippen molar-refractivity contribution in [3.05, 3.63) is 0 Å². The molecule has 4 nitrogen and oxygen atoms in total. The Kier molecular flexibility index (Phi) is 6.14. The van der Waals surface area contributed by atoms with E-state index in [1.165, 1.54) is 51.7 Å². The first-order valence-electron chi connectivity index (χ1n) is 8.46. The van der Waals surface area contributed by atoms with Crippen LogP contribution in [0, 0.1) is 11.8 Å². The van der Waals surface area contributed by atoms with Crippen molar-refractivity contribution in [1.29, 1.82) is 0 Å². The largest absolute Gasteiger partial charge is 0.370 e. The summed E-state index contributed by atoms with van der Waals surface area (Å²) in [5.41, 5.74) is 6.15. The molecule has 0 aromatic carbocycles. The van der Waals surface area contributed by atoms with Crippen LogP contribution in [-0.4, -0.2) is 55.0 Å². The summed E-state index contributed by atoms with van der Waals surface area (Å²) in [6, 6.07) is 0. The second-order valence-electron chi connectivity index (χ2n) is 6.65. The maximum Gasteiger partial charge on any atom is 0.191 e. The van der Waals surface area contributed by atoms with Crippen LogP contribution in [0.5, 0.6) is 0 Å². The summed E-state index contributed by atoms with van der Waals surface area (Å²) in [6.07, 6.45) is 6.35. The molecule has 0 radical (unpaired) electrons. The Morgan fingerprint density at radius 1 is 1.10 bits per heavy atom. The lowest BCUT2D eigenvalue weighted by Crippen LogP contribution is -2.43. The van der Waals surface area contributed by atoms with Gasteiger partial charge in [-0.1, -0.05) is 13.8 Å². The van der Waals surface area contributed by atoms with Gasteiger partial charge in [-0.25, -0.2) is 0 Å². The van der Waals surface area contributed by atoms with Gasteiger partial charge in [0.1, 0.15) is 0 Å². The predicted molar refractivity (Wildman–Crippen MR) is 85.9 cm³/mol. The molecule has 0 atom stereocenters. The Labute approximate surface area is 124 Å². The van der Waals surface area contributed by atoms with E-state index in [1.54, 1.807) is 0 Å². The Hall–Kier alpha value is -0.770. The van der Waals surface area contributed by atoms with E-state index in [0.29, 0.717) is 0 Å². The zero-order valence-electron chi connectivity index (χ0n) is 13.4. The summed E-state index contributed by atoms with van der Waals surface area (Å²) in [7, 11) is 0. The Bertz CT molecular complexity index is 300. The van der Waals surface area contributed by atoms with Gasteiger partial charge >= 0.3 is 0 Å². The first-order chi connectivity index (χ1) is 9.69. The highest BCUT2D eigenvalue weighted by Crippen LogP contribution is 2.18. The first-order valence-corrected chi connectivity index (χ1v) is 8.46. The molecule has 116 valence electrons. The highest BCUT2D eigenvalue weighted by Gasteiger charge is 2.20. The Balaban J connectivity index is 1.70. The highest BCUT2D eigenvalue weighted by atomic mass is 15.3. The summed E-state index contributed by atoms with van der Waals surface area (Å²) in [6.45, 7) is 11.4. The van der Waals surface area contributed by atoms with Gasteiger partial charge in [0.2, 0.25) is 0 Å². The predicted octanol–water partition coefficient (Wildman–Crippen LogP) is 2.16. The Morgan fingerprint density at radius 2 is 1.75 bits per heavy atom. The second-order valence-corrected chi connectivity index (χ2v) is 6.65. The number of likely N-dealkylation sites (tertiary alicyclic amines) is 2. The van der Waals surface area contributed by atoms with E-state index < -0.39 is 0 Å². The van der Waals surface area contributed by atoms with Crippen molar-refractivity contribution in [2.45, 2.75) is 46.0 Å². The molecule has 4 heteroatoms. The van der Waals surface area contributed by atoms with E-state index in [2.05, 4.69) is 28.6 Å². The average molecular weight is 280 g/mol. The molecule has 0 bridgehead atoms. The van der Waals surface area contributed by atoms with Crippen LogP contribution in [0.15, 0.2) is 4.99 Å². The molecular weight excluding hydrogens is 248 g/mol. The van der Waals surface area contributed by atoms with Gasteiger partial charge in [0, 0.05) is 19.6 Å². The number of nitrogens with zero attached hydrogens (tertiary/aromatic N) is 3. The second kappa shape index (κ2) is 7.87. The van der Waals surface area contributed by atoms with Crippen LogP contribution in [0.2, 0.25) is 0 Å². The van der Waals surface area contributed by atoms with Gasteiger partial charge < -0.3 is 15.5 Å². The van der Waals surface area contributed by atoms with Crippen molar-refractivity contribution in [3.63, 3.8) is 0 Å². The fourth-order valence-electron chi connectivity index (χ4n) is 3.27. The third-order valence-electron chi connectivity index (χ3n) is 4.87. The average Bonchev–Trinajstić information content (AvgIpc) is 2.47. The van der Waals surface area contributed by atoms with Gasteiger partial charge in [-0.2, -0.15) is 0 Å². The van der Waals surface area contributed by atoms with E-state index in [9.17, 15) is 0 Å². The molecule has 2 heterocycles. The molecule has 0 unspecified atom stereocenters. The lowest BCUT2D eigenvalue weighted by Gasteiger charge is -2.32. The monoisotopic (exact) mass is 280 g/mol. The number of hydrogen-bond donors (Lipinski definition) is 1. The van der Waals surface area contributed by atoms with Crippen LogP contribution >= 0.6 is 0 Å². The minimum absolute atomic E-state index is 0.741. The van der Waals surface area contributed by atoms with Gasteiger partial charge in [-0.05, 0) is 63.6 Å². The molecule has 20 heavy (non-hydrogen) atoms. The molecule has 0 aromatic rings. The van der Waals surface area contributed by atoms with E-state index in [1.807, 2.05) is 0 Å². The molecule has 2 aliphatic heterocycles. The molecule has 2 saturated heterocycles. The number of nitrogens with two attached hydrogens (primary N) is 1. The van der Waals surface area contributed by atoms with Crippen LogP contribution in [0.1, 0.15) is 46.0 Å². The molecule has 0 aliphatic carbocycles. The fourth-order valence-corrected chi connectivity index (χ4v) is 3.27. The molecule has 0 spiro atoms. The molecule has 0 saturated carbocycles. The van der Waals surface area contributed by atoms with E-state index in [4.69, 9.17) is 5.73 Å². The molecule has 2 aliphatic rings. The lowest BCUT2D eigenvalue weighted by atomic mass is 9.97. The van der Waals surface area contributed by atoms with Gasteiger partial charge in [0.05, 0.1) is 0 Å². The highest BCUT2D eigenvalue weighted by molar-refractivity contribution is 5.78. The van der Waals surface area contributed by atoms with Gasteiger partial charge in [-0.3, -0.25) is 4.99 Å². The fraction of sp³-hybridized carbons (Fsp3) is 0.938. The number of hydrogen-bond acceptors (Lipinski definition) is 2. The lowest BCUT2D eigenvalue weighted by molar-refractivity contribution is 0.187. The summed E-state index contributed by atoms with van der Waals surface area (Å²) < 4.78 is 0. The Morgan fingerprint density at radius 3 is 2.35 bits per heavy atom. The molecule has 0 amide bonds. The van der Waals surface area contributed by atoms with Gasteiger partial charge in [-0.15, -0.1) is 0 Å². The number of rotatable bonds is 4. The standard InChI is InChI=1S/C16H32N4/c1-3-8-19-9-6-15(7-10-19)13-18-16(17)20-11-4-14(2)5-12-20/h14-15H,3-13H2,1-2H3,(H2,17,18). The number of guanidine groups is 1. The quantitative estimate of drug-likeness (QED) is 0.634. The molecular formula is C16H32N4. The van der Waals surface area contributed by atoms with Crippen molar-refractivity contribution in [2.75, 3.05) is 39.3 Å². The maximum atomic E-state index is 6.15. The van der Waals surface area contributed by atoms with Crippen molar-refractivity contribution < 1.29 is 0 Å². The van der Waals surface area contributed by atoms with Gasteiger partial charge in [0.25, 0.3) is 0 Å².